The number of aryl methyl sites for hydroxylation is 2. The number of hydrogen-bond acceptors (Lipinski definition) is 4. The van der Waals surface area contributed by atoms with E-state index < -0.39 is 12.1 Å². The lowest BCUT2D eigenvalue weighted by molar-refractivity contribution is -0.122. The molecule has 1 atom stereocenters. The Morgan fingerprint density at radius 3 is 2.42 bits per heavy atom. The molecule has 0 spiro atoms. The Labute approximate surface area is 158 Å². The van der Waals surface area contributed by atoms with Crippen LogP contribution in [0.4, 0.5) is 5.69 Å². The maximum absolute atomic E-state index is 12.4. The summed E-state index contributed by atoms with van der Waals surface area (Å²) < 4.78 is 10.7. The number of hydrogen-bond donors (Lipinski definition) is 1. The van der Waals surface area contributed by atoms with Crippen LogP contribution in [0.5, 0.6) is 5.75 Å². The summed E-state index contributed by atoms with van der Waals surface area (Å²) in [6.45, 7) is 7.45. The van der Waals surface area contributed by atoms with E-state index in [0.29, 0.717) is 28.6 Å². The first-order valence-corrected chi connectivity index (χ1v) is 8.71. The van der Waals surface area contributed by atoms with Gasteiger partial charge in [-0.1, -0.05) is 17.7 Å². The largest absolute Gasteiger partial charge is 0.481 e. The van der Waals surface area contributed by atoms with Crippen molar-refractivity contribution in [1.29, 1.82) is 0 Å². The Morgan fingerprint density at radius 1 is 1.15 bits per heavy atom. The van der Waals surface area contributed by atoms with Gasteiger partial charge in [-0.3, -0.25) is 4.79 Å². The molecule has 0 heterocycles. The topological polar surface area (TPSA) is 64.6 Å². The van der Waals surface area contributed by atoms with E-state index >= 15 is 0 Å². The highest BCUT2D eigenvalue weighted by Crippen LogP contribution is 2.26. The molecule has 0 saturated heterocycles. The third kappa shape index (κ3) is 4.99. The van der Waals surface area contributed by atoms with Gasteiger partial charge in [0.05, 0.1) is 12.2 Å². The van der Waals surface area contributed by atoms with Crippen LogP contribution in [0.15, 0.2) is 36.4 Å². The third-order valence-electron chi connectivity index (χ3n) is 3.73. The lowest BCUT2D eigenvalue weighted by Gasteiger charge is -2.16. The lowest BCUT2D eigenvalue weighted by atomic mass is 10.1. The van der Waals surface area contributed by atoms with Crippen LogP contribution >= 0.6 is 11.6 Å². The fourth-order valence-corrected chi connectivity index (χ4v) is 2.52. The molecule has 0 radical (unpaired) electrons. The minimum Gasteiger partial charge on any atom is -0.481 e. The number of benzene rings is 2. The first kappa shape index (κ1) is 19.8. The summed E-state index contributed by atoms with van der Waals surface area (Å²) in [6.07, 6.45) is -0.721. The molecule has 0 aromatic heterocycles. The second-order valence-electron chi connectivity index (χ2n) is 5.92. The minimum atomic E-state index is -0.721. The number of rotatable bonds is 6. The SMILES string of the molecule is CCOC(=O)c1cccc(NC(=O)[C@@H](C)Oc2cc(C)c(Cl)c(C)c2)c1. The van der Waals surface area contributed by atoms with E-state index in [0.717, 1.165) is 11.1 Å². The molecule has 0 aliphatic carbocycles. The van der Waals surface area contributed by atoms with Gasteiger partial charge in [-0.25, -0.2) is 4.79 Å². The van der Waals surface area contributed by atoms with Crippen LogP contribution in [-0.2, 0) is 9.53 Å². The fourth-order valence-electron chi connectivity index (χ4n) is 2.41. The van der Waals surface area contributed by atoms with Crippen molar-refractivity contribution in [3.05, 3.63) is 58.1 Å². The maximum Gasteiger partial charge on any atom is 0.338 e. The summed E-state index contributed by atoms with van der Waals surface area (Å²) in [7, 11) is 0. The molecule has 2 aromatic rings. The molecular weight excluding hydrogens is 354 g/mol. The van der Waals surface area contributed by atoms with Gasteiger partial charge in [0.1, 0.15) is 5.75 Å². The monoisotopic (exact) mass is 375 g/mol. The number of carbonyl (C=O) groups is 2. The Morgan fingerprint density at radius 2 is 1.81 bits per heavy atom. The predicted molar refractivity (Wildman–Crippen MR) is 102 cm³/mol. The summed E-state index contributed by atoms with van der Waals surface area (Å²) in [4.78, 5) is 24.2. The van der Waals surface area contributed by atoms with E-state index in [1.54, 1.807) is 50.2 Å². The van der Waals surface area contributed by atoms with Gasteiger partial charge >= 0.3 is 5.97 Å². The second kappa shape index (κ2) is 8.72. The molecule has 6 heteroatoms. The number of carbonyl (C=O) groups excluding carboxylic acids is 2. The van der Waals surface area contributed by atoms with Gasteiger partial charge in [0.15, 0.2) is 6.10 Å². The Balaban J connectivity index is 2.05. The van der Waals surface area contributed by atoms with Crippen molar-refractivity contribution in [3.63, 3.8) is 0 Å². The molecular formula is C20H22ClNO4. The first-order chi connectivity index (χ1) is 12.3. The van der Waals surface area contributed by atoms with Gasteiger partial charge in [0.25, 0.3) is 5.91 Å². The molecule has 0 aliphatic heterocycles. The quantitative estimate of drug-likeness (QED) is 0.753. The maximum atomic E-state index is 12.4. The van der Waals surface area contributed by atoms with Gasteiger partial charge in [-0.2, -0.15) is 0 Å². The molecule has 0 aliphatic rings. The summed E-state index contributed by atoms with van der Waals surface area (Å²) in [5, 5.41) is 3.43. The molecule has 1 N–H and O–H groups in total. The van der Waals surface area contributed by atoms with Gasteiger partial charge in [-0.05, 0) is 69.2 Å². The molecule has 0 bridgehead atoms. The van der Waals surface area contributed by atoms with Crippen LogP contribution in [0.2, 0.25) is 5.02 Å². The summed E-state index contributed by atoms with van der Waals surface area (Å²) in [5.74, 6) is -0.177. The Bertz CT molecular complexity index is 796. The van der Waals surface area contributed by atoms with Crippen LogP contribution in [0.3, 0.4) is 0 Å². The number of nitrogens with one attached hydrogen (secondary N) is 1. The van der Waals surface area contributed by atoms with Gasteiger partial charge in [0.2, 0.25) is 0 Å². The van der Waals surface area contributed by atoms with Crippen molar-refractivity contribution in [2.45, 2.75) is 33.8 Å². The van der Waals surface area contributed by atoms with E-state index in [2.05, 4.69) is 5.32 Å². The summed E-state index contributed by atoms with van der Waals surface area (Å²) in [6, 6.07) is 10.2. The lowest BCUT2D eigenvalue weighted by Crippen LogP contribution is -2.30. The highest BCUT2D eigenvalue weighted by molar-refractivity contribution is 6.32. The average molecular weight is 376 g/mol. The molecule has 26 heavy (non-hydrogen) atoms. The zero-order valence-electron chi connectivity index (χ0n) is 15.3. The van der Waals surface area contributed by atoms with E-state index in [9.17, 15) is 9.59 Å². The number of esters is 1. The molecule has 2 rings (SSSR count). The predicted octanol–water partition coefficient (Wildman–Crippen LogP) is 4.54. The Hall–Kier alpha value is -2.53. The van der Waals surface area contributed by atoms with Crippen molar-refractivity contribution < 1.29 is 19.1 Å². The highest BCUT2D eigenvalue weighted by Gasteiger charge is 2.17. The van der Waals surface area contributed by atoms with E-state index in [-0.39, 0.29) is 5.91 Å². The van der Waals surface area contributed by atoms with Crippen molar-refractivity contribution in [2.75, 3.05) is 11.9 Å². The Kier molecular flexibility index (Phi) is 6.64. The number of halogens is 1. The summed E-state index contributed by atoms with van der Waals surface area (Å²) >= 11 is 6.15. The van der Waals surface area contributed by atoms with Crippen LogP contribution < -0.4 is 10.1 Å². The van der Waals surface area contributed by atoms with E-state index in [1.165, 1.54) is 0 Å². The smallest absolute Gasteiger partial charge is 0.338 e. The highest BCUT2D eigenvalue weighted by atomic mass is 35.5. The van der Waals surface area contributed by atoms with Crippen molar-refractivity contribution in [2.24, 2.45) is 0 Å². The van der Waals surface area contributed by atoms with Crippen molar-refractivity contribution in [1.82, 2.24) is 0 Å². The van der Waals surface area contributed by atoms with Crippen LogP contribution in [0, 0.1) is 13.8 Å². The molecule has 0 saturated carbocycles. The first-order valence-electron chi connectivity index (χ1n) is 8.33. The normalized spacial score (nSPS) is 11.6. The van der Waals surface area contributed by atoms with E-state index in [1.807, 2.05) is 13.8 Å². The minimum absolute atomic E-state index is 0.292. The van der Waals surface area contributed by atoms with Crippen LogP contribution in [0.1, 0.15) is 35.3 Å². The van der Waals surface area contributed by atoms with Crippen molar-refractivity contribution in [3.8, 4) is 5.75 Å². The van der Waals surface area contributed by atoms with Gasteiger partial charge < -0.3 is 14.8 Å². The number of amides is 1. The number of ether oxygens (including phenoxy) is 2. The average Bonchev–Trinajstić information content (AvgIpc) is 2.60. The van der Waals surface area contributed by atoms with Crippen LogP contribution in [-0.4, -0.2) is 24.6 Å². The molecule has 138 valence electrons. The van der Waals surface area contributed by atoms with Crippen LogP contribution in [0.25, 0.3) is 0 Å². The zero-order chi connectivity index (χ0) is 19.3. The standard InChI is InChI=1S/C20H22ClNO4/c1-5-25-20(24)15-7-6-8-16(11-15)22-19(23)14(4)26-17-9-12(2)18(21)13(3)10-17/h6-11,14H,5H2,1-4H3,(H,22,23)/t14-/m1/s1. The molecule has 1 amide bonds. The summed E-state index contributed by atoms with van der Waals surface area (Å²) in [5.41, 5.74) is 2.65. The molecule has 2 aromatic carbocycles. The van der Waals surface area contributed by atoms with Crippen molar-refractivity contribution >= 4 is 29.2 Å². The fraction of sp³-hybridized carbons (Fsp3) is 0.300. The third-order valence-corrected chi connectivity index (χ3v) is 4.33. The molecule has 0 unspecified atom stereocenters. The second-order valence-corrected chi connectivity index (χ2v) is 6.30. The number of anilines is 1. The molecule has 5 nitrogen and oxygen atoms in total. The van der Waals surface area contributed by atoms with E-state index in [4.69, 9.17) is 21.1 Å². The van der Waals surface area contributed by atoms with Gasteiger partial charge in [-0.15, -0.1) is 0 Å². The zero-order valence-corrected chi connectivity index (χ0v) is 16.0. The molecule has 0 fully saturated rings. The van der Waals surface area contributed by atoms with Gasteiger partial charge in [0, 0.05) is 10.7 Å².